The molecule has 0 saturated carbocycles. The smallest absolute Gasteiger partial charge is 0.308 e. The maximum Gasteiger partial charge on any atom is 0.323 e. The number of halogens is 2. The average Bonchev–Trinajstić information content (AvgIpc) is 2.89. The van der Waals surface area contributed by atoms with E-state index in [1.54, 1.807) is 53.1 Å². The van der Waals surface area contributed by atoms with Crippen molar-refractivity contribution in [1.29, 1.82) is 0 Å². The average molecular weight is 529 g/mol. The summed E-state index contributed by atoms with van der Waals surface area (Å²) in [7, 11) is 0. The van der Waals surface area contributed by atoms with Gasteiger partial charge in [0.1, 0.15) is 5.82 Å². The SMILES string of the molecule is O=C(Nc1ccc2nc(Cc3ccccc3)n(Cc3cccc(Cl)c3)c(=O)c2c1)Nc1ccccc1Cl. The van der Waals surface area contributed by atoms with Crippen molar-refractivity contribution in [2.24, 2.45) is 0 Å². The van der Waals surface area contributed by atoms with E-state index in [9.17, 15) is 9.59 Å². The number of carbonyl (C=O) groups excluding carboxylic acids is 1. The van der Waals surface area contributed by atoms with Crippen LogP contribution in [0.4, 0.5) is 16.2 Å². The van der Waals surface area contributed by atoms with Crippen LogP contribution < -0.4 is 16.2 Å². The number of urea groups is 1. The van der Waals surface area contributed by atoms with Crippen LogP contribution in [0.2, 0.25) is 10.0 Å². The molecule has 0 unspecified atom stereocenters. The summed E-state index contributed by atoms with van der Waals surface area (Å²) in [5, 5.41) is 6.90. The van der Waals surface area contributed by atoms with Crippen LogP contribution in [-0.2, 0) is 13.0 Å². The Bertz CT molecular complexity index is 1650. The molecule has 0 radical (unpaired) electrons. The number of para-hydroxylation sites is 1. The summed E-state index contributed by atoms with van der Waals surface area (Å²) in [6.07, 6.45) is 0.493. The molecule has 0 spiro atoms. The molecule has 6 nitrogen and oxygen atoms in total. The monoisotopic (exact) mass is 528 g/mol. The lowest BCUT2D eigenvalue weighted by molar-refractivity contribution is 0.262. The van der Waals surface area contributed by atoms with Crippen molar-refractivity contribution in [3.63, 3.8) is 0 Å². The Kier molecular flexibility index (Phi) is 7.21. The second kappa shape index (κ2) is 10.9. The molecule has 0 aliphatic carbocycles. The summed E-state index contributed by atoms with van der Waals surface area (Å²) in [4.78, 5) is 31.1. The molecule has 0 atom stereocenters. The van der Waals surface area contributed by atoms with Crippen LogP contribution >= 0.6 is 23.2 Å². The van der Waals surface area contributed by atoms with Crippen molar-refractivity contribution in [2.75, 3.05) is 10.6 Å². The van der Waals surface area contributed by atoms with E-state index in [0.29, 0.717) is 51.1 Å². The van der Waals surface area contributed by atoms with Gasteiger partial charge in [0, 0.05) is 17.1 Å². The van der Waals surface area contributed by atoms with Crippen LogP contribution in [0.1, 0.15) is 17.0 Å². The Morgan fingerprint density at radius 2 is 1.57 bits per heavy atom. The third-order valence-electron chi connectivity index (χ3n) is 5.85. The lowest BCUT2D eigenvalue weighted by Gasteiger charge is -2.15. The number of fused-ring (bicyclic) bond motifs is 1. The van der Waals surface area contributed by atoms with Crippen LogP contribution in [0.15, 0.2) is 102 Å². The minimum Gasteiger partial charge on any atom is -0.308 e. The molecule has 37 heavy (non-hydrogen) atoms. The van der Waals surface area contributed by atoms with Crippen molar-refractivity contribution in [2.45, 2.75) is 13.0 Å². The summed E-state index contributed by atoms with van der Waals surface area (Å²) in [5.41, 5.74) is 3.22. The largest absolute Gasteiger partial charge is 0.323 e. The van der Waals surface area contributed by atoms with Gasteiger partial charge in [-0.15, -0.1) is 0 Å². The fraction of sp³-hybridized carbons (Fsp3) is 0.0690. The molecule has 0 aliphatic heterocycles. The van der Waals surface area contributed by atoms with Crippen molar-refractivity contribution in [1.82, 2.24) is 9.55 Å². The third kappa shape index (κ3) is 5.82. The Morgan fingerprint density at radius 3 is 2.35 bits per heavy atom. The zero-order valence-electron chi connectivity index (χ0n) is 19.6. The number of aromatic nitrogens is 2. The second-order valence-corrected chi connectivity index (χ2v) is 9.35. The molecule has 184 valence electrons. The van der Waals surface area contributed by atoms with Crippen molar-refractivity contribution < 1.29 is 4.79 Å². The fourth-order valence-electron chi connectivity index (χ4n) is 4.09. The summed E-state index contributed by atoms with van der Waals surface area (Å²) in [5.74, 6) is 0.640. The van der Waals surface area contributed by atoms with E-state index in [0.717, 1.165) is 11.1 Å². The van der Waals surface area contributed by atoms with Crippen molar-refractivity contribution in [3.05, 3.63) is 134 Å². The predicted octanol–water partition coefficient (Wildman–Crippen LogP) is 6.99. The first-order chi connectivity index (χ1) is 18.0. The van der Waals surface area contributed by atoms with Gasteiger partial charge in [0.25, 0.3) is 5.56 Å². The Labute approximate surface area is 223 Å². The summed E-state index contributed by atoms with van der Waals surface area (Å²) in [6, 6.07) is 28.9. The van der Waals surface area contributed by atoms with E-state index in [-0.39, 0.29) is 5.56 Å². The number of carbonyl (C=O) groups is 1. The molecule has 2 N–H and O–H groups in total. The molecule has 4 aromatic carbocycles. The fourth-order valence-corrected chi connectivity index (χ4v) is 4.48. The Morgan fingerprint density at radius 1 is 0.811 bits per heavy atom. The van der Waals surface area contributed by atoms with Gasteiger partial charge in [-0.25, -0.2) is 9.78 Å². The molecule has 5 rings (SSSR count). The van der Waals surface area contributed by atoms with Gasteiger partial charge in [0.05, 0.1) is 28.2 Å². The standard InChI is InChI=1S/C29H22Cl2N4O2/c30-21-10-6-9-20(15-21)18-35-27(16-19-7-2-1-3-8-19)33-25-14-13-22(17-23(25)28(35)36)32-29(37)34-26-12-5-4-11-24(26)31/h1-15,17H,16,18H2,(H2,32,34,37). The van der Waals surface area contributed by atoms with Crippen LogP contribution in [0, 0.1) is 0 Å². The van der Waals surface area contributed by atoms with E-state index >= 15 is 0 Å². The Balaban J connectivity index is 1.51. The van der Waals surface area contributed by atoms with Gasteiger partial charge in [0.2, 0.25) is 0 Å². The highest BCUT2D eigenvalue weighted by Gasteiger charge is 2.14. The number of amides is 2. The highest BCUT2D eigenvalue weighted by Crippen LogP contribution is 2.22. The summed E-state index contributed by atoms with van der Waals surface area (Å²) in [6.45, 7) is 0.315. The quantitative estimate of drug-likeness (QED) is 0.249. The van der Waals surface area contributed by atoms with Gasteiger partial charge < -0.3 is 10.6 Å². The van der Waals surface area contributed by atoms with Crippen LogP contribution in [-0.4, -0.2) is 15.6 Å². The minimum atomic E-state index is -0.472. The van der Waals surface area contributed by atoms with Gasteiger partial charge in [-0.3, -0.25) is 9.36 Å². The zero-order chi connectivity index (χ0) is 25.8. The number of hydrogen-bond acceptors (Lipinski definition) is 3. The minimum absolute atomic E-state index is 0.203. The van der Waals surface area contributed by atoms with Crippen LogP contribution in [0.3, 0.4) is 0 Å². The number of nitrogens with zero attached hydrogens (tertiary/aromatic N) is 2. The lowest BCUT2D eigenvalue weighted by atomic mass is 10.1. The highest BCUT2D eigenvalue weighted by atomic mass is 35.5. The van der Waals surface area contributed by atoms with E-state index in [1.807, 2.05) is 48.5 Å². The normalized spacial score (nSPS) is 10.9. The molecular weight excluding hydrogens is 507 g/mol. The molecule has 1 aromatic heterocycles. The van der Waals surface area contributed by atoms with Crippen LogP contribution in [0.5, 0.6) is 0 Å². The van der Waals surface area contributed by atoms with Crippen molar-refractivity contribution >= 4 is 51.5 Å². The summed E-state index contributed by atoms with van der Waals surface area (Å²) >= 11 is 12.3. The first-order valence-corrected chi connectivity index (χ1v) is 12.4. The molecule has 0 saturated heterocycles. The zero-order valence-corrected chi connectivity index (χ0v) is 21.1. The maximum absolute atomic E-state index is 13.7. The van der Waals surface area contributed by atoms with Gasteiger partial charge in [-0.1, -0.05) is 77.8 Å². The Hall–Kier alpha value is -4.13. The van der Waals surface area contributed by atoms with E-state index < -0.39 is 6.03 Å². The molecule has 8 heteroatoms. The van der Waals surface area contributed by atoms with Gasteiger partial charge in [-0.05, 0) is 53.6 Å². The number of anilines is 2. The van der Waals surface area contributed by atoms with Crippen LogP contribution in [0.25, 0.3) is 10.9 Å². The molecule has 0 bridgehead atoms. The van der Waals surface area contributed by atoms with Crippen molar-refractivity contribution in [3.8, 4) is 0 Å². The number of rotatable bonds is 6. The number of nitrogens with one attached hydrogen (secondary N) is 2. The molecule has 1 heterocycles. The molecule has 2 amide bonds. The second-order valence-electron chi connectivity index (χ2n) is 8.50. The predicted molar refractivity (Wildman–Crippen MR) is 150 cm³/mol. The van der Waals surface area contributed by atoms with Gasteiger partial charge in [0.15, 0.2) is 0 Å². The number of benzene rings is 4. The molecule has 0 aliphatic rings. The van der Waals surface area contributed by atoms with Gasteiger partial charge >= 0.3 is 6.03 Å². The molecular formula is C29H22Cl2N4O2. The first-order valence-electron chi connectivity index (χ1n) is 11.6. The van der Waals surface area contributed by atoms with E-state index in [1.165, 1.54) is 0 Å². The summed E-state index contributed by atoms with van der Waals surface area (Å²) < 4.78 is 1.66. The van der Waals surface area contributed by atoms with E-state index in [2.05, 4.69) is 10.6 Å². The lowest BCUT2D eigenvalue weighted by Crippen LogP contribution is -2.26. The topological polar surface area (TPSA) is 76.0 Å². The highest BCUT2D eigenvalue weighted by molar-refractivity contribution is 6.33. The maximum atomic E-state index is 13.7. The first kappa shape index (κ1) is 24.6. The van der Waals surface area contributed by atoms with Gasteiger partial charge in [-0.2, -0.15) is 0 Å². The van der Waals surface area contributed by atoms with E-state index in [4.69, 9.17) is 28.2 Å². The number of hydrogen-bond donors (Lipinski definition) is 2. The molecule has 5 aromatic rings. The molecule has 0 fully saturated rings. The third-order valence-corrected chi connectivity index (χ3v) is 6.41.